The third-order valence-corrected chi connectivity index (χ3v) is 4.76. The first-order valence-electron chi connectivity index (χ1n) is 9.57. The maximum atomic E-state index is 13.2. The number of carbonyl (C=O) groups is 2. The third kappa shape index (κ3) is 4.28. The van der Waals surface area contributed by atoms with E-state index in [-0.39, 0.29) is 12.3 Å². The molecule has 0 unspecified atom stereocenters. The summed E-state index contributed by atoms with van der Waals surface area (Å²) in [7, 11) is 0. The zero-order valence-corrected chi connectivity index (χ0v) is 16.9. The summed E-state index contributed by atoms with van der Waals surface area (Å²) >= 11 is 0. The molecule has 154 valence electrons. The molecule has 2 atom stereocenters. The van der Waals surface area contributed by atoms with E-state index >= 15 is 0 Å². The van der Waals surface area contributed by atoms with Gasteiger partial charge in [0.2, 0.25) is 0 Å². The number of nitrogens with two attached hydrogens (primary N) is 1. The van der Waals surface area contributed by atoms with Crippen molar-refractivity contribution in [3.63, 3.8) is 0 Å². The lowest BCUT2D eigenvalue weighted by molar-refractivity contribution is -0.176. The molecule has 0 saturated carbocycles. The Bertz CT molecular complexity index is 936. The maximum absolute atomic E-state index is 13.2. The van der Waals surface area contributed by atoms with Gasteiger partial charge in [0.25, 0.3) is 5.91 Å². The number of esters is 1. The van der Waals surface area contributed by atoms with Crippen LogP contribution in [0.1, 0.15) is 31.1 Å². The summed E-state index contributed by atoms with van der Waals surface area (Å²) in [5.74, 6) is 1.29. The Morgan fingerprint density at radius 3 is 2.10 bits per heavy atom. The predicted octanol–water partition coefficient (Wildman–Crippen LogP) is 2.76. The number of likely N-dealkylation sites (tertiary alicyclic amines) is 1. The summed E-state index contributed by atoms with van der Waals surface area (Å²) in [5.41, 5.74) is 8.21. The molecule has 1 aliphatic heterocycles. The number of carbonyl (C=O) groups excluding carboxylic acids is 2. The Morgan fingerprint density at radius 2 is 1.63 bits per heavy atom. The van der Waals surface area contributed by atoms with Crippen molar-refractivity contribution in [2.45, 2.75) is 32.2 Å². The highest BCUT2D eigenvalue weighted by molar-refractivity contribution is 6.00. The quantitative estimate of drug-likeness (QED) is 0.332. The van der Waals surface area contributed by atoms with Crippen LogP contribution in [0.4, 0.5) is 0 Å². The van der Waals surface area contributed by atoms with E-state index in [1.54, 1.807) is 13.8 Å². The fraction of sp³-hybridized carbons (Fsp3) is 0.250. The van der Waals surface area contributed by atoms with Crippen LogP contribution in [-0.4, -0.2) is 35.7 Å². The minimum atomic E-state index is -0.875. The van der Waals surface area contributed by atoms with Crippen LogP contribution in [0.2, 0.25) is 0 Å². The second-order valence-electron chi connectivity index (χ2n) is 7.10. The average Bonchev–Trinajstić information content (AvgIpc) is 2.77. The molecule has 1 fully saturated rings. The van der Waals surface area contributed by atoms with Gasteiger partial charge in [0.15, 0.2) is 12.3 Å². The van der Waals surface area contributed by atoms with Gasteiger partial charge in [0.1, 0.15) is 18.3 Å². The monoisotopic (exact) mass is 404 g/mol. The molecule has 1 aliphatic rings. The molecule has 0 spiro atoms. The highest BCUT2D eigenvalue weighted by atomic mass is 16.5. The highest BCUT2D eigenvalue weighted by Crippen LogP contribution is 2.31. The van der Waals surface area contributed by atoms with Gasteiger partial charge in [-0.15, -0.1) is 6.42 Å². The van der Waals surface area contributed by atoms with Gasteiger partial charge in [0, 0.05) is 0 Å². The molecule has 3 rings (SSSR count). The summed E-state index contributed by atoms with van der Waals surface area (Å²) < 4.78 is 11.4. The van der Waals surface area contributed by atoms with Crippen LogP contribution in [0.5, 0.6) is 0 Å². The summed E-state index contributed by atoms with van der Waals surface area (Å²) in [5, 5.41) is 0. The minimum Gasteiger partial charge on any atom is -0.448 e. The SMILES string of the molecule is C#CCO[C@H]1[C@@H](N)C(=O)N1C(C(=O)OC(c1ccccc1)c1ccccc1)=C(C)C. The number of benzene rings is 2. The second-order valence-corrected chi connectivity index (χ2v) is 7.10. The molecular weight excluding hydrogens is 380 g/mol. The van der Waals surface area contributed by atoms with Crippen LogP contribution in [0.3, 0.4) is 0 Å². The largest absolute Gasteiger partial charge is 0.448 e. The van der Waals surface area contributed by atoms with Crippen LogP contribution in [0.25, 0.3) is 0 Å². The smallest absolute Gasteiger partial charge is 0.356 e. The number of allylic oxidation sites excluding steroid dienone is 1. The number of hydrogen-bond acceptors (Lipinski definition) is 5. The zero-order valence-electron chi connectivity index (χ0n) is 16.9. The van der Waals surface area contributed by atoms with Gasteiger partial charge in [-0.3, -0.25) is 9.69 Å². The molecule has 1 amide bonds. The van der Waals surface area contributed by atoms with Crippen molar-refractivity contribution in [3.05, 3.63) is 83.1 Å². The summed E-state index contributed by atoms with van der Waals surface area (Å²) in [4.78, 5) is 26.9. The molecule has 0 bridgehead atoms. The molecule has 0 aromatic heterocycles. The first-order chi connectivity index (χ1) is 14.5. The molecule has 6 nitrogen and oxygen atoms in total. The van der Waals surface area contributed by atoms with Crippen LogP contribution >= 0.6 is 0 Å². The van der Waals surface area contributed by atoms with Gasteiger partial charge in [-0.1, -0.05) is 66.6 Å². The summed E-state index contributed by atoms with van der Waals surface area (Å²) in [6.07, 6.45) is 3.81. The van der Waals surface area contributed by atoms with E-state index in [9.17, 15) is 9.59 Å². The Labute approximate surface area is 176 Å². The number of hydrogen-bond donors (Lipinski definition) is 1. The van der Waals surface area contributed by atoms with Crippen molar-refractivity contribution in [2.24, 2.45) is 5.73 Å². The molecule has 2 aromatic carbocycles. The number of ether oxygens (including phenoxy) is 2. The van der Waals surface area contributed by atoms with E-state index in [0.29, 0.717) is 5.57 Å². The van der Waals surface area contributed by atoms with Gasteiger partial charge in [-0.2, -0.15) is 0 Å². The number of rotatable bonds is 7. The molecule has 0 aliphatic carbocycles. The fourth-order valence-electron chi connectivity index (χ4n) is 3.33. The van der Waals surface area contributed by atoms with Crippen LogP contribution in [0.15, 0.2) is 71.9 Å². The van der Waals surface area contributed by atoms with E-state index < -0.39 is 30.3 Å². The molecule has 1 heterocycles. The normalized spacial score (nSPS) is 17.8. The molecule has 6 heteroatoms. The first-order valence-corrected chi connectivity index (χ1v) is 9.57. The minimum absolute atomic E-state index is 0.0239. The van der Waals surface area contributed by atoms with Gasteiger partial charge in [-0.25, -0.2) is 4.79 Å². The zero-order chi connectivity index (χ0) is 21.7. The van der Waals surface area contributed by atoms with E-state index in [0.717, 1.165) is 11.1 Å². The van der Waals surface area contributed by atoms with Crippen molar-refractivity contribution < 1.29 is 19.1 Å². The lowest BCUT2D eigenvalue weighted by Gasteiger charge is -2.45. The van der Waals surface area contributed by atoms with E-state index in [1.807, 2.05) is 60.7 Å². The topological polar surface area (TPSA) is 81.9 Å². The molecule has 1 saturated heterocycles. The fourth-order valence-corrected chi connectivity index (χ4v) is 3.33. The van der Waals surface area contributed by atoms with E-state index in [4.69, 9.17) is 21.6 Å². The summed E-state index contributed by atoms with van der Waals surface area (Å²) in [6.45, 7) is 3.43. The van der Waals surface area contributed by atoms with Crippen LogP contribution in [0, 0.1) is 12.3 Å². The predicted molar refractivity (Wildman–Crippen MR) is 113 cm³/mol. The van der Waals surface area contributed by atoms with E-state index in [1.165, 1.54) is 4.90 Å². The Balaban J connectivity index is 1.91. The van der Waals surface area contributed by atoms with Gasteiger partial charge < -0.3 is 15.2 Å². The maximum Gasteiger partial charge on any atom is 0.356 e. The number of amides is 1. The number of β-lactam (4-membered cyclic amide) rings is 1. The van der Waals surface area contributed by atoms with Crippen molar-refractivity contribution >= 4 is 11.9 Å². The van der Waals surface area contributed by atoms with Gasteiger partial charge in [-0.05, 0) is 30.5 Å². The van der Waals surface area contributed by atoms with Crippen molar-refractivity contribution in [2.75, 3.05) is 6.61 Å². The lowest BCUT2D eigenvalue weighted by atomic mass is 10.0. The average molecular weight is 404 g/mol. The van der Waals surface area contributed by atoms with Gasteiger partial charge in [0.05, 0.1) is 0 Å². The molecular formula is C24H24N2O4. The Hall–Kier alpha value is -3.40. The van der Waals surface area contributed by atoms with Crippen LogP contribution < -0.4 is 5.73 Å². The Morgan fingerprint density at radius 1 is 1.10 bits per heavy atom. The van der Waals surface area contributed by atoms with Crippen molar-refractivity contribution in [1.29, 1.82) is 0 Å². The van der Waals surface area contributed by atoms with E-state index in [2.05, 4.69) is 5.92 Å². The van der Waals surface area contributed by atoms with Gasteiger partial charge >= 0.3 is 5.97 Å². The highest BCUT2D eigenvalue weighted by Gasteiger charge is 2.50. The lowest BCUT2D eigenvalue weighted by Crippen LogP contribution is -2.69. The standard InChI is InChI=1S/C24H24N2O4/c1-4-15-29-23-19(25)22(27)26(23)20(16(2)3)24(28)30-21(17-11-7-5-8-12-17)18-13-9-6-10-14-18/h1,5-14,19,21,23H,15,25H2,2-3H3/t19-,23-/m0/s1. The Kier molecular flexibility index (Phi) is 6.68. The second kappa shape index (κ2) is 9.40. The molecule has 2 aromatic rings. The molecule has 2 N–H and O–H groups in total. The molecule has 30 heavy (non-hydrogen) atoms. The molecule has 0 radical (unpaired) electrons. The first kappa shape index (κ1) is 21.3. The van der Waals surface area contributed by atoms with Crippen molar-refractivity contribution in [3.8, 4) is 12.3 Å². The number of nitrogens with zero attached hydrogens (tertiary/aromatic N) is 1. The van der Waals surface area contributed by atoms with Crippen LogP contribution in [-0.2, 0) is 19.1 Å². The number of terminal acetylenes is 1. The third-order valence-electron chi connectivity index (χ3n) is 4.76. The van der Waals surface area contributed by atoms with Crippen molar-refractivity contribution in [1.82, 2.24) is 4.90 Å². The summed E-state index contributed by atoms with van der Waals surface area (Å²) in [6, 6.07) is 18.0.